The maximum Gasteiger partial charge on any atom is 0.252 e. The summed E-state index contributed by atoms with van der Waals surface area (Å²) in [6.07, 6.45) is 5.18. The molecule has 1 unspecified atom stereocenters. The van der Waals surface area contributed by atoms with Crippen LogP contribution < -0.4 is 5.32 Å². The van der Waals surface area contributed by atoms with Gasteiger partial charge in [-0.25, -0.2) is 9.37 Å². The highest BCUT2D eigenvalue weighted by Crippen LogP contribution is 2.20. The highest BCUT2D eigenvalue weighted by molar-refractivity contribution is 9.10. The molecule has 1 atom stereocenters. The number of hydrogen-bond acceptors (Lipinski definition) is 2. The Hall–Kier alpha value is -1.69. The van der Waals surface area contributed by atoms with Crippen molar-refractivity contribution in [2.75, 3.05) is 0 Å². The number of amides is 1. The summed E-state index contributed by atoms with van der Waals surface area (Å²) >= 11 is 3.08. The lowest BCUT2D eigenvalue weighted by Crippen LogP contribution is -2.35. The van der Waals surface area contributed by atoms with E-state index in [2.05, 4.69) is 26.2 Å². The van der Waals surface area contributed by atoms with E-state index in [9.17, 15) is 9.18 Å². The highest BCUT2D eigenvalue weighted by atomic mass is 79.9. The first kappa shape index (κ1) is 13.7. The largest absolute Gasteiger partial charge is 0.348 e. The van der Waals surface area contributed by atoms with Crippen molar-refractivity contribution in [2.45, 2.75) is 19.5 Å². The summed E-state index contributed by atoms with van der Waals surface area (Å²) in [7, 11) is 0. The lowest BCUT2D eigenvalue weighted by atomic mass is 10.2. The zero-order valence-electron chi connectivity index (χ0n) is 10.3. The molecule has 1 heterocycles. The van der Waals surface area contributed by atoms with Crippen LogP contribution >= 0.6 is 15.9 Å². The minimum absolute atomic E-state index is 0.0862. The predicted octanol–water partition coefficient (Wildman–Crippen LogP) is 2.60. The number of carbonyl (C=O) groups excluding carboxylic acids is 1. The van der Waals surface area contributed by atoms with E-state index in [1.165, 1.54) is 12.1 Å². The summed E-state index contributed by atoms with van der Waals surface area (Å²) in [6, 6.07) is 4.30. The third-order valence-corrected chi connectivity index (χ3v) is 3.42. The van der Waals surface area contributed by atoms with Crippen LogP contribution in [0.5, 0.6) is 0 Å². The van der Waals surface area contributed by atoms with Gasteiger partial charge >= 0.3 is 0 Å². The van der Waals surface area contributed by atoms with Crippen molar-refractivity contribution >= 4 is 21.8 Å². The third-order valence-electron chi connectivity index (χ3n) is 2.62. The molecule has 2 aromatic rings. The van der Waals surface area contributed by atoms with Gasteiger partial charge in [0.25, 0.3) is 5.91 Å². The average Bonchev–Trinajstić information content (AvgIpc) is 2.85. The van der Waals surface area contributed by atoms with Gasteiger partial charge in [0.1, 0.15) is 5.82 Å². The SMILES string of the molecule is CC(Cn1ccnc1)NC(=O)c1cccc(F)c1Br. The number of nitrogens with one attached hydrogen (secondary N) is 1. The number of rotatable bonds is 4. The van der Waals surface area contributed by atoms with E-state index >= 15 is 0 Å². The predicted molar refractivity (Wildman–Crippen MR) is 73.3 cm³/mol. The molecule has 6 heteroatoms. The molecule has 2 rings (SSSR count). The van der Waals surface area contributed by atoms with Crippen LogP contribution in [-0.4, -0.2) is 21.5 Å². The van der Waals surface area contributed by atoms with E-state index in [1.807, 2.05) is 17.7 Å². The van der Waals surface area contributed by atoms with Gasteiger partial charge in [-0.2, -0.15) is 0 Å². The average molecular weight is 326 g/mol. The Morgan fingerprint density at radius 1 is 1.58 bits per heavy atom. The molecule has 19 heavy (non-hydrogen) atoms. The van der Waals surface area contributed by atoms with Crippen molar-refractivity contribution in [1.82, 2.24) is 14.9 Å². The van der Waals surface area contributed by atoms with Gasteiger partial charge in [-0.1, -0.05) is 6.07 Å². The van der Waals surface area contributed by atoms with Crippen molar-refractivity contribution < 1.29 is 9.18 Å². The lowest BCUT2D eigenvalue weighted by Gasteiger charge is -2.15. The monoisotopic (exact) mass is 325 g/mol. The fourth-order valence-electron chi connectivity index (χ4n) is 1.74. The van der Waals surface area contributed by atoms with E-state index < -0.39 is 5.82 Å². The molecular formula is C13H13BrFN3O. The van der Waals surface area contributed by atoms with Gasteiger partial charge in [0.2, 0.25) is 0 Å². The molecular weight excluding hydrogens is 313 g/mol. The van der Waals surface area contributed by atoms with E-state index in [1.54, 1.807) is 18.6 Å². The first-order chi connectivity index (χ1) is 9.08. The molecule has 0 aliphatic heterocycles. The molecule has 1 aromatic carbocycles. The van der Waals surface area contributed by atoms with Crippen molar-refractivity contribution in [3.05, 3.63) is 52.8 Å². The summed E-state index contributed by atoms with van der Waals surface area (Å²) in [5.74, 6) is -0.756. The van der Waals surface area contributed by atoms with Crippen molar-refractivity contribution in [1.29, 1.82) is 0 Å². The second kappa shape index (κ2) is 5.97. The van der Waals surface area contributed by atoms with E-state index in [0.29, 0.717) is 6.54 Å². The van der Waals surface area contributed by atoms with Gasteiger partial charge in [0.05, 0.1) is 16.4 Å². The minimum atomic E-state index is -0.449. The number of hydrogen-bond donors (Lipinski definition) is 1. The molecule has 100 valence electrons. The molecule has 4 nitrogen and oxygen atoms in total. The van der Waals surface area contributed by atoms with E-state index in [-0.39, 0.29) is 22.0 Å². The van der Waals surface area contributed by atoms with E-state index in [4.69, 9.17) is 0 Å². The summed E-state index contributed by atoms with van der Waals surface area (Å²) in [6.45, 7) is 2.49. The maximum absolute atomic E-state index is 13.3. The Bertz CT molecular complexity index is 571. The van der Waals surface area contributed by atoms with Crippen molar-refractivity contribution in [3.8, 4) is 0 Å². The van der Waals surface area contributed by atoms with Crippen LogP contribution in [0.15, 0.2) is 41.4 Å². The molecule has 0 fully saturated rings. The molecule has 0 bridgehead atoms. The van der Waals surface area contributed by atoms with E-state index in [0.717, 1.165) is 0 Å². The lowest BCUT2D eigenvalue weighted by molar-refractivity contribution is 0.0935. The summed E-state index contributed by atoms with van der Waals surface area (Å²) < 4.78 is 15.4. The Morgan fingerprint density at radius 3 is 3.05 bits per heavy atom. The van der Waals surface area contributed by atoms with Crippen LogP contribution in [0.2, 0.25) is 0 Å². The minimum Gasteiger partial charge on any atom is -0.348 e. The van der Waals surface area contributed by atoms with Crippen LogP contribution in [0.4, 0.5) is 4.39 Å². The normalized spacial score (nSPS) is 12.2. The van der Waals surface area contributed by atoms with Gasteiger partial charge in [-0.15, -0.1) is 0 Å². The zero-order valence-corrected chi connectivity index (χ0v) is 11.9. The molecule has 0 aliphatic carbocycles. The third kappa shape index (κ3) is 3.41. The Balaban J connectivity index is 2.02. The zero-order chi connectivity index (χ0) is 13.8. The first-order valence-corrected chi connectivity index (χ1v) is 6.58. The molecule has 0 aliphatic rings. The van der Waals surface area contributed by atoms with Gasteiger partial charge in [-0.05, 0) is 35.0 Å². The fourth-order valence-corrected chi connectivity index (χ4v) is 2.18. The number of aromatic nitrogens is 2. The molecule has 1 aromatic heterocycles. The van der Waals surface area contributed by atoms with Crippen LogP contribution in [0, 0.1) is 5.82 Å². The Labute approximate surface area is 118 Å². The fraction of sp³-hybridized carbons (Fsp3) is 0.231. The maximum atomic E-state index is 13.3. The summed E-state index contributed by atoms with van der Waals surface area (Å²) in [4.78, 5) is 16.0. The van der Waals surface area contributed by atoms with Gasteiger partial charge in [-0.3, -0.25) is 4.79 Å². The number of benzene rings is 1. The van der Waals surface area contributed by atoms with Gasteiger partial charge < -0.3 is 9.88 Å². The summed E-state index contributed by atoms with van der Waals surface area (Å²) in [5, 5.41) is 2.82. The molecule has 1 N–H and O–H groups in total. The molecule has 0 radical (unpaired) electrons. The second-order valence-electron chi connectivity index (χ2n) is 4.24. The van der Waals surface area contributed by atoms with Crippen LogP contribution in [0.1, 0.15) is 17.3 Å². The molecule has 0 saturated carbocycles. The van der Waals surface area contributed by atoms with Gasteiger partial charge in [0, 0.05) is 25.0 Å². The number of halogens is 2. The van der Waals surface area contributed by atoms with Crippen molar-refractivity contribution in [3.63, 3.8) is 0 Å². The summed E-state index contributed by atoms with van der Waals surface area (Å²) in [5.41, 5.74) is 0.289. The smallest absolute Gasteiger partial charge is 0.252 e. The Kier molecular flexibility index (Phi) is 4.31. The quantitative estimate of drug-likeness (QED) is 0.939. The number of imidazole rings is 1. The highest BCUT2D eigenvalue weighted by Gasteiger charge is 2.15. The second-order valence-corrected chi connectivity index (χ2v) is 5.03. The van der Waals surface area contributed by atoms with Crippen LogP contribution in [0.25, 0.3) is 0 Å². The standard InChI is InChI=1S/C13H13BrFN3O/c1-9(7-18-6-5-16-8-18)17-13(19)10-3-2-4-11(15)12(10)14/h2-6,8-9H,7H2,1H3,(H,17,19). The topological polar surface area (TPSA) is 46.9 Å². The van der Waals surface area contributed by atoms with Crippen molar-refractivity contribution in [2.24, 2.45) is 0 Å². The van der Waals surface area contributed by atoms with Crippen LogP contribution in [0.3, 0.4) is 0 Å². The number of carbonyl (C=O) groups is 1. The first-order valence-electron chi connectivity index (χ1n) is 5.78. The van der Waals surface area contributed by atoms with Gasteiger partial charge in [0.15, 0.2) is 0 Å². The Morgan fingerprint density at radius 2 is 2.37 bits per heavy atom. The molecule has 0 saturated heterocycles. The van der Waals surface area contributed by atoms with Crippen LogP contribution in [-0.2, 0) is 6.54 Å². The molecule has 1 amide bonds. The molecule has 0 spiro atoms. The number of nitrogens with zero attached hydrogens (tertiary/aromatic N) is 2.